The van der Waals surface area contributed by atoms with Crippen molar-refractivity contribution >= 4 is 22.9 Å². The molecule has 19 heavy (non-hydrogen) atoms. The molecule has 0 fully saturated rings. The number of pyridine rings is 1. The third kappa shape index (κ3) is 2.36. The van der Waals surface area contributed by atoms with Gasteiger partial charge in [-0.05, 0) is 30.9 Å². The van der Waals surface area contributed by atoms with Crippen molar-refractivity contribution in [2.75, 3.05) is 6.26 Å². The number of fused-ring (bicyclic) bond motifs is 1. The van der Waals surface area contributed by atoms with E-state index >= 15 is 0 Å². The summed E-state index contributed by atoms with van der Waals surface area (Å²) in [5.74, 6) is 0. The normalized spacial score (nSPS) is 11.1. The maximum Gasteiger partial charge on any atom is 0.170 e. The summed E-state index contributed by atoms with van der Waals surface area (Å²) in [6.07, 6.45) is 3.87. The van der Waals surface area contributed by atoms with E-state index in [2.05, 4.69) is 45.7 Å². The van der Waals surface area contributed by atoms with Crippen LogP contribution in [0.3, 0.4) is 0 Å². The minimum atomic E-state index is 0.809. The Kier molecular flexibility index (Phi) is 3.25. The summed E-state index contributed by atoms with van der Waals surface area (Å²) in [6.45, 7) is 2.91. The molecule has 0 aliphatic carbocycles. The van der Waals surface area contributed by atoms with Gasteiger partial charge < -0.3 is 0 Å². The number of hydrogen-bond acceptors (Lipinski definition) is 3. The van der Waals surface area contributed by atoms with Crippen molar-refractivity contribution < 1.29 is 0 Å². The number of aromatic nitrogens is 3. The van der Waals surface area contributed by atoms with Crippen molar-refractivity contribution in [1.82, 2.24) is 14.5 Å². The van der Waals surface area contributed by atoms with Crippen molar-refractivity contribution in [2.24, 2.45) is 0 Å². The van der Waals surface area contributed by atoms with Crippen LogP contribution in [0, 0.1) is 6.92 Å². The second-order valence-corrected chi connectivity index (χ2v) is 5.29. The summed E-state index contributed by atoms with van der Waals surface area (Å²) in [7, 11) is 0. The SMILES string of the molecule is CSc1nc2cccnc2n1Cc1ccc(C)cc1. The third-order valence-corrected chi connectivity index (χ3v) is 3.79. The number of hydrogen-bond donors (Lipinski definition) is 0. The molecule has 2 aromatic heterocycles. The van der Waals surface area contributed by atoms with Crippen LogP contribution in [-0.4, -0.2) is 20.8 Å². The van der Waals surface area contributed by atoms with E-state index < -0.39 is 0 Å². The number of benzene rings is 1. The topological polar surface area (TPSA) is 30.7 Å². The van der Waals surface area contributed by atoms with E-state index in [1.807, 2.05) is 24.6 Å². The van der Waals surface area contributed by atoms with Gasteiger partial charge in [-0.15, -0.1) is 0 Å². The zero-order valence-electron chi connectivity index (χ0n) is 11.0. The van der Waals surface area contributed by atoms with Gasteiger partial charge in [-0.25, -0.2) is 9.97 Å². The summed E-state index contributed by atoms with van der Waals surface area (Å²) in [6, 6.07) is 12.5. The number of rotatable bonds is 3. The van der Waals surface area contributed by atoms with Crippen LogP contribution in [0.5, 0.6) is 0 Å². The van der Waals surface area contributed by atoms with Gasteiger partial charge in [-0.3, -0.25) is 4.57 Å². The summed E-state index contributed by atoms with van der Waals surface area (Å²) >= 11 is 1.66. The Morgan fingerprint density at radius 3 is 2.68 bits per heavy atom. The van der Waals surface area contributed by atoms with Gasteiger partial charge in [0.1, 0.15) is 5.52 Å². The summed E-state index contributed by atoms with van der Waals surface area (Å²) in [5.41, 5.74) is 4.46. The molecule has 3 nitrogen and oxygen atoms in total. The van der Waals surface area contributed by atoms with Crippen molar-refractivity contribution in [3.63, 3.8) is 0 Å². The highest BCUT2D eigenvalue weighted by molar-refractivity contribution is 7.98. The molecule has 0 atom stereocenters. The summed E-state index contributed by atoms with van der Waals surface area (Å²) < 4.78 is 2.17. The van der Waals surface area contributed by atoms with E-state index in [1.54, 1.807) is 11.8 Å². The Labute approximate surface area is 116 Å². The molecule has 0 spiro atoms. The van der Waals surface area contributed by atoms with E-state index in [4.69, 9.17) is 0 Å². The van der Waals surface area contributed by atoms with E-state index in [0.717, 1.165) is 22.9 Å². The zero-order chi connectivity index (χ0) is 13.2. The maximum absolute atomic E-state index is 4.61. The molecule has 96 valence electrons. The Morgan fingerprint density at radius 2 is 1.95 bits per heavy atom. The number of thioether (sulfide) groups is 1. The average molecular weight is 269 g/mol. The highest BCUT2D eigenvalue weighted by atomic mass is 32.2. The predicted octanol–water partition coefficient (Wildman–Crippen LogP) is 3.51. The highest BCUT2D eigenvalue weighted by Crippen LogP contribution is 2.22. The van der Waals surface area contributed by atoms with Crippen LogP contribution >= 0.6 is 11.8 Å². The van der Waals surface area contributed by atoms with Crippen LogP contribution in [0.15, 0.2) is 47.8 Å². The molecule has 0 aliphatic rings. The van der Waals surface area contributed by atoms with Crippen molar-refractivity contribution in [1.29, 1.82) is 0 Å². The molecule has 0 aliphatic heterocycles. The number of nitrogens with zero attached hydrogens (tertiary/aromatic N) is 3. The molecule has 2 heterocycles. The molecular formula is C15H15N3S. The Hall–Kier alpha value is -1.81. The molecule has 0 radical (unpaired) electrons. The first kappa shape index (κ1) is 12.2. The maximum atomic E-state index is 4.61. The lowest BCUT2D eigenvalue weighted by Crippen LogP contribution is -2.02. The van der Waals surface area contributed by atoms with Crippen LogP contribution < -0.4 is 0 Å². The number of imidazole rings is 1. The monoisotopic (exact) mass is 269 g/mol. The highest BCUT2D eigenvalue weighted by Gasteiger charge is 2.10. The average Bonchev–Trinajstić information content (AvgIpc) is 2.79. The number of aryl methyl sites for hydroxylation is 1. The third-order valence-electron chi connectivity index (χ3n) is 3.11. The molecule has 0 bridgehead atoms. The summed E-state index contributed by atoms with van der Waals surface area (Å²) in [5, 5.41) is 1.01. The first-order valence-electron chi connectivity index (χ1n) is 6.19. The lowest BCUT2D eigenvalue weighted by Gasteiger charge is -2.07. The minimum absolute atomic E-state index is 0.809. The molecule has 0 amide bonds. The van der Waals surface area contributed by atoms with Gasteiger partial charge in [0.2, 0.25) is 0 Å². The molecule has 1 aromatic carbocycles. The van der Waals surface area contributed by atoms with Gasteiger partial charge in [-0.1, -0.05) is 41.6 Å². The summed E-state index contributed by atoms with van der Waals surface area (Å²) in [4.78, 5) is 9.06. The fraction of sp³-hybridized carbons (Fsp3) is 0.200. The molecule has 4 heteroatoms. The van der Waals surface area contributed by atoms with Crippen LogP contribution in [0.2, 0.25) is 0 Å². The quantitative estimate of drug-likeness (QED) is 0.682. The van der Waals surface area contributed by atoms with E-state index in [1.165, 1.54) is 11.1 Å². The van der Waals surface area contributed by atoms with Gasteiger partial charge in [0.25, 0.3) is 0 Å². The second-order valence-electron chi connectivity index (χ2n) is 4.52. The van der Waals surface area contributed by atoms with Crippen molar-refractivity contribution in [2.45, 2.75) is 18.6 Å². The van der Waals surface area contributed by atoms with Gasteiger partial charge in [-0.2, -0.15) is 0 Å². The van der Waals surface area contributed by atoms with E-state index in [9.17, 15) is 0 Å². The zero-order valence-corrected chi connectivity index (χ0v) is 11.8. The van der Waals surface area contributed by atoms with Gasteiger partial charge in [0.15, 0.2) is 10.8 Å². The first-order valence-corrected chi connectivity index (χ1v) is 7.41. The van der Waals surface area contributed by atoms with Gasteiger partial charge in [0.05, 0.1) is 6.54 Å². The predicted molar refractivity (Wildman–Crippen MR) is 79.6 cm³/mol. The molecule has 0 saturated heterocycles. The second kappa shape index (κ2) is 5.05. The molecule has 3 aromatic rings. The lowest BCUT2D eigenvalue weighted by atomic mass is 10.1. The molecular weight excluding hydrogens is 254 g/mol. The Bertz CT molecular complexity index is 701. The lowest BCUT2D eigenvalue weighted by molar-refractivity contribution is 0.725. The molecule has 0 saturated carbocycles. The Balaban J connectivity index is 2.06. The van der Waals surface area contributed by atoms with Crippen LogP contribution in [0.4, 0.5) is 0 Å². The van der Waals surface area contributed by atoms with Gasteiger partial charge >= 0.3 is 0 Å². The van der Waals surface area contributed by atoms with E-state index in [-0.39, 0.29) is 0 Å². The molecule has 3 rings (SSSR count). The van der Waals surface area contributed by atoms with Gasteiger partial charge in [0, 0.05) is 6.20 Å². The van der Waals surface area contributed by atoms with E-state index in [0.29, 0.717) is 0 Å². The molecule has 0 N–H and O–H groups in total. The standard InChI is InChI=1S/C15H15N3S/c1-11-5-7-12(8-6-11)10-18-14-13(4-3-9-16-14)17-15(18)19-2/h3-9H,10H2,1-2H3. The Morgan fingerprint density at radius 1 is 1.16 bits per heavy atom. The fourth-order valence-corrected chi connectivity index (χ4v) is 2.67. The van der Waals surface area contributed by atoms with Crippen molar-refractivity contribution in [3.8, 4) is 0 Å². The first-order chi connectivity index (χ1) is 9.28. The van der Waals surface area contributed by atoms with Crippen LogP contribution in [-0.2, 0) is 6.54 Å². The van der Waals surface area contributed by atoms with Crippen LogP contribution in [0.1, 0.15) is 11.1 Å². The van der Waals surface area contributed by atoms with Crippen LogP contribution in [0.25, 0.3) is 11.2 Å². The largest absolute Gasteiger partial charge is 0.299 e. The smallest absolute Gasteiger partial charge is 0.170 e. The minimum Gasteiger partial charge on any atom is -0.299 e. The molecule has 0 unspecified atom stereocenters. The van der Waals surface area contributed by atoms with Crippen molar-refractivity contribution in [3.05, 3.63) is 53.7 Å². The fourth-order valence-electron chi connectivity index (χ4n) is 2.11.